The molecule has 2 heterocycles. The Kier molecular flexibility index (Phi) is 4.14. The molecule has 0 unspecified atom stereocenters. The lowest BCUT2D eigenvalue weighted by Crippen LogP contribution is -2.24. The number of halogens is 1. The normalized spacial score (nSPS) is 11.5. The van der Waals surface area contributed by atoms with Crippen molar-refractivity contribution < 1.29 is 9.13 Å². The van der Waals surface area contributed by atoms with Crippen LogP contribution in [0.15, 0.2) is 23.0 Å². The molecule has 0 saturated heterocycles. The van der Waals surface area contributed by atoms with Gasteiger partial charge in [-0.15, -0.1) is 5.10 Å². The third kappa shape index (κ3) is 2.62. The van der Waals surface area contributed by atoms with Crippen molar-refractivity contribution in [3.8, 4) is 17.1 Å². The smallest absolute Gasteiger partial charge is 0.278 e. The van der Waals surface area contributed by atoms with Crippen LogP contribution in [0.25, 0.3) is 16.9 Å². The van der Waals surface area contributed by atoms with Gasteiger partial charge in [-0.05, 0) is 49.1 Å². The van der Waals surface area contributed by atoms with E-state index in [1.807, 2.05) is 33.8 Å². The molecule has 0 aliphatic rings. The Morgan fingerprint density at radius 3 is 2.48 bits per heavy atom. The fourth-order valence-corrected chi connectivity index (χ4v) is 3.14. The molecule has 0 aliphatic heterocycles. The van der Waals surface area contributed by atoms with Gasteiger partial charge in [0.15, 0.2) is 17.4 Å². The summed E-state index contributed by atoms with van der Waals surface area (Å²) in [7, 11) is 3.09. The van der Waals surface area contributed by atoms with Crippen LogP contribution in [0.4, 0.5) is 4.39 Å². The van der Waals surface area contributed by atoms with Crippen LogP contribution in [0.1, 0.15) is 36.6 Å². The van der Waals surface area contributed by atoms with Gasteiger partial charge >= 0.3 is 0 Å². The molecule has 25 heavy (non-hydrogen) atoms. The van der Waals surface area contributed by atoms with Gasteiger partial charge in [0.2, 0.25) is 0 Å². The maximum absolute atomic E-state index is 14.2. The van der Waals surface area contributed by atoms with Crippen molar-refractivity contribution in [2.24, 2.45) is 7.05 Å². The highest BCUT2D eigenvalue weighted by atomic mass is 19.1. The molecule has 0 N–H and O–H groups in total. The standard InChI is InChI=1S/C19H22FN3O2/c1-10(2)13-8-12(4)23-17(13)19(24)22(5)18(21-23)14-9-15(20)16(25-6)7-11(14)3/h7-10H,1-6H3. The Bertz CT molecular complexity index is 1030. The lowest BCUT2D eigenvalue weighted by Gasteiger charge is -2.13. The maximum atomic E-state index is 14.2. The molecule has 5 nitrogen and oxygen atoms in total. The molecular formula is C19H22FN3O2. The molecule has 3 aromatic rings. The van der Waals surface area contributed by atoms with Gasteiger partial charge in [-0.2, -0.15) is 0 Å². The second-order valence-corrected chi connectivity index (χ2v) is 6.65. The summed E-state index contributed by atoms with van der Waals surface area (Å²) in [5.41, 5.74) is 3.63. The number of fused-ring (bicyclic) bond motifs is 1. The molecule has 0 amide bonds. The molecule has 0 fully saturated rings. The summed E-state index contributed by atoms with van der Waals surface area (Å²) in [6.07, 6.45) is 0. The van der Waals surface area contributed by atoms with Gasteiger partial charge in [-0.1, -0.05) is 13.8 Å². The number of hydrogen-bond acceptors (Lipinski definition) is 3. The van der Waals surface area contributed by atoms with Gasteiger partial charge in [-0.3, -0.25) is 9.36 Å². The highest BCUT2D eigenvalue weighted by molar-refractivity contribution is 5.65. The SMILES string of the molecule is COc1cc(C)c(-c2nn3c(C)cc(C(C)C)c3c(=O)n2C)cc1F. The minimum atomic E-state index is -0.482. The van der Waals surface area contributed by atoms with E-state index in [0.717, 1.165) is 16.8 Å². The van der Waals surface area contributed by atoms with E-state index < -0.39 is 5.82 Å². The number of hydrogen-bond donors (Lipinski definition) is 0. The number of nitrogens with zero attached hydrogens (tertiary/aromatic N) is 3. The first-order chi connectivity index (χ1) is 11.8. The zero-order valence-electron chi connectivity index (χ0n) is 15.3. The molecule has 2 aromatic heterocycles. The summed E-state index contributed by atoms with van der Waals surface area (Å²) in [5, 5.41) is 4.64. The first kappa shape index (κ1) is 17.2. The molecular weight excluding hydrogens is 321 g/mol. The Morgan fingerprint density at radius 2 is 1.88 bits per heavy atom. The van der Waals surface area contributed by atoms with Crippen LogP contribution in [-0.4, -0.2) is 21.3 Å². The molecule has 1 aromatic carbocycles. The van der Waals surface area contributed by atoms with Crippen molar-refractivity contribution in [1.29, 1.82) is 0 Å². The number of rotatable bonds is 3. The van der Waals surface area contributed by atoms with Crippen LogP contribution in [0.5, 0.6) is 5.75 Å². The minimum absolute atomic E-state index is 0.141. The van der Waals surface area contributed by atoms with Crippen LogP contribution in [0.3, 0.4) is 0 Å². The van der Waals surface area contributed by atoms with Gasteiger partial charge in [0.25, 0.3) is 5.56 Å². The summed E-state index contributed by atoms with van der Waals surface area (Å²) in [6.45, 7) is 7.85. The van der Waals surface area contributed by atoms with Crippen molar-refractivity contribution in [3.05, 3.63) is 51.2 Å². The Morgan fingerprint density at radius 1 is 1.20 bits per heavy atom. The predicted molar refractivity (Wildman–Crippen MR) is 95.9 cm³/mol. The quantitative estimate of drug-likeness (QED) is 0.730. The van der Waals surface area contributed by atoms with Crippen LogP contribution >= 0.6 is 0 Å². The van der Waals surface area contributed by atoms with E-state index in [9.17, 15) is 9.18 Å². The van der Waals surface area contributed by atoms with E-state index in [0.29, 0.717) is 16.9 Å². The summed E-state index contributed by atoms with van der Waals surface area (Å²) in [6, 6.07) is 4.96. The topological polar surface area (TPSA) is 48.5 Å². The first-order valence-corrected chi connectivity index (χ1v) is 8.20. The zero-order valence-corrected chi connectivity index (χ0v) is 15.3. The van der Waals surface area contributed by atoms with Crippen LogP contribution < -0.4 is 10.3 Å². The highest BCUT2D eigenvalue weighted by Gasteiger charge is 2.20. The minimum Gasteiger partial charge on any atom is -0.494 e. The second kappa shape index (κ2) is 6.02. The molecule has 0 bridgehead atoms. The molecule has 0 saturated carbocycles. The number of aryl methyl sites for hydroxylation is 2. The molecule has 3 rings (SSSR count). The van der Waals surface area contributed by atoms with Gasteiger partial charge in [0.1, 0.15) is 5.52 Å². The van der Waals surface area contributed by atoms with E-state index in [2.05, 4.69) is 5.10 Å². The van der Waals surface area contributed by atoms with Crippen LogP contribution in [0.2, 0.25) is 0 Å². The summed E-state index contributed by atoms with van der Waals surface area (Å²) >= 11 is 0. The summed E-state index contributed by atoms with van der Waals surface area (Å²) in [5.74, 6) is 0.325. The average Bonchev–Trinajstić information content (AvgIpc) is 2.90. The Hall–Kier alpha value is -2.63. The van der Waals surface area contributed by atoms with Crippen molar-refractivity contribution in [2.75, 3.05) is 7.11 Å². The Labute approximate surface area is 145 Å². The van der Waals surface area contributed by atoms with Crippen LogP contribution in [-0.2, 0) is 7.05 Å². The third-order valence-electron chi connectivity index (χ3n) is 4.57. The average molecular weight is 343 g/mol. The zero-order chi connectivity index (χ0) is 18.5. The molecule has 132 valence electrons. The maximum Gasteiger partial charge on any atom is 0.278 e. The fourth-order valence-electron chi connectivity index (χ4n) is 3.14. The number of benzene rings is 1. The molecule has 0 aliphatic carbocycles. The lowest BCUT2D eigenvalue weighted by molar-refractivity contribution is 0.386. The molecule has 0 atom stereocenters. The molecule has 0 radical (unpaired) electrons. The number of aromatic nitrogens is 3. The van der Waals surface area contributed by atoms with E-state index in [4.69, 9.17) is 4.74 Å². The van der Waals surface area contributed by atoms with E-state index >= 15 is 0 Å². The monoisotopic (exact) mass is 343 g/mol. The largest absolute Gasteiger partial charge is 0.494 e. The Balaban J connectivity index is 2.36. The van der Waals surface area contributed by atoms with E-state index in [1.54, 1.807) is 17.6 Å². The van der Waals surface area contributed by atoms with Gasteiger partial charge in [0.05, 0.1) is 7.11 Å². The van der Waals surface area contributed by atoms with Crippen LogP contribution in [0, 0.1) is 19.7 Å². The van der Waals surface area contributed by atoms with Crippen molar-refractivity contribution in [3.63, 3.8) is 0 Å². The van der Waals surface area contributed by atoms with E-state index in [-0.39, 0.29) is 17.2 Å². The summed E-state index contributed by atoms with van der Waals surface area (Å²) < 4.78 is 22.4. The number of ether oxygens (including phenoxy) is 1. The third-order valence-corrected chi connectivity index (χ3v) is 4.57. The molecule has 6 heteroatoms. The fraction of sp³-hybridized carbons (Fsp3) is 0.368. The van der Waals surface area contributed by atoms with E-state index in [1.165, 1.54) is 17.7 Å². The second-order valence-electron chi connectivity index (χ2n) is 6.65. The van der Waals surface area contributed by atoms with Gasteiger partial charge in [0, 0.05) is 18.3 Å². The van der Waals surface area contributed by atoms with Gasteiger partial charge in [-0.25, -0.2) is 8.91 Å². The molecule has 0 spiro atoms. The van der Waals surface area contributed by atoms with Crippen molar-refractivity contribution in [2.45, 2.75) is 33.6 Å². The van der Waals surface area contributed by atoms with Crippen molar-refractivity contribution >= 4 is 5.52 Å². The first-order valence-electron chi connectivity index (χ1n) is 8.20. The predicted octanol–water partition coefficient (Wildman–Crippen LogP) is 3.59. The highest BCUT2D eigenvalue weighted by Crippen LogP contribution is 2.29. The van der Waals surface area contributed by atoms with Gasteiger partial charge < -0.3 is 4.74 Å². The van der Waals surface area contributed by atoms with Crippen molar-refractivity contribution in [1.82, 2.24) is 14.2 Å². The summed E-state index contributed by atoms with van der Waals surface area (Å²) in [4.78, 5) is 13.0. The lowest BCUT2D eigenvalue weighted by atomic mass is 10.1. The number of methoxy groups -OCH3 is 1.